The normalized spacial score (nSPS) is 11.2. The molecule has 0 fully saturated rings. The monoisotopic (exact) mass is 375 g/mol. The fraction of sp³-hybridized carbons (Fsp3) is 0. The van der Waals surface area contributed by atoms with Gasteiger partial charge in [0.1, 0.15) is 5.82 Å². The van der Waals surface area contributed by atoms with Crippen LogP contribution >= 0.6 is 11.6 Å². The number of hydrogen-bond acceptors (Lipinski definition) is 3. The zero-order valence-electron chi connectivity index (χ0n) is 14.2. The van der Waals surface area contributed by atoms with Crippen molar-refractivity contribution >= 4 is 34.4 Å². The van der Waals surface area contributed by atoms with Gasteiger partial charge in [0.15, 0.2) is 0 Å². The number of rotatable bonds is 4. The fourth-order valence-corrected chi connectivity index (χ4v) is 2.90. The van der Waals surface area contributed by atoms with Gasteiger partial charge < -0.3 is 0 Å². The van der Waals surface area contributed by atoms with E-state index in [1.165, 1.54) is 12.1 Å². The topological polar surface area (TPSA) is 37.3 Å². The number of aromatic nitrogens is 1. The molecule has 0 aliphatic heterocycles. The van der Waals surface area contributed by atoms with Crippen LogP contribution in [0.3, 0.4) is 0 Å². The molecule has 0 unspecified atom stereocenters. The van der Waals surface area contributed by atoms with Gasteiger partial charge in [-0.05, 0) is 60.7 Å². The SMILES string of the molecule is Fc1ccc(-c2cc(/C=N/Nc3ccc(Cl)cc3)c3ccccc3n2)cc1. The quantitative estimate of drug-likeness (QED) is 0.343. The number of fused-ring (bicyclic) bond motifs is 1. The van der Waals surface area contributed by atoms with E-state index in [1.54, 1.807) is 30.5 Å². The molecule has 0 bridgehead atoms. The van der Waals surface area contributed by atoms with Crippen molar-refractivity contribution in [3.8, 4) is 11.3 Å². The summed E-state index contributed by atoms with van der Waals surface area (Å²) in [5.41, 5.74) is 7.22. The minimum atomic E-state index is -0.270. The first-order valence-corrected chi connectivity index (χ1v) is 8.77. The summed E-state index contributed by atoms with van der Waals surface area (Å²) in [5, 5.41) is 6.00. The first-order valence-electron chi connectivity index (χ1n) is 8.39. The highest BCUT2D eigenvalue weighted by atomic mass is 35.5. The summed E-state index contributed by atoms with van der Waals surface area (Å²) in [4.78, 5) is 4.69. The third kappa shape index (κ3) is 3.96. The maximum Gasteiger partial charge on any atom is 0.123 e. The minimum absolute atomic E-state index is 0.270. The van der Waals surface area contributed by atoms with Gasteiger partial charge in [-0.1, -0.05) is 29.8 Å². The molecule has 0 atom stereocenters. The number of benzene rings is 3. The van der Waals surface area contributed by atoms with Crippen molar-refractivity contribution in [3.05, 3.63) is 95.3 Å². The van der Waals surface area contributed by atoms with Crippen LogP contribution in [0, 0.1) is 5.82 Å². The van der Waals surface area contributed by atoms with Crippen LogP contribution in [0.5, 0.6) is 0 Å². The zero-order valence-corrected chi connectivity index (χ0v) is 15.0. The number of hydrogen-bond donors (Lipinski definition) is 1. The molecule has 5 heteroatoms. The Kier molecular flexibility index (Phi) is 4.81. The minimum Gasteiger partial charge on any atom is -0.279 e. The number of para-hydroxylation sites is 1. The van der Waals surface area contributed by atoms with E-state index in [2.05, 4.69) is 10.5 Å². The Morgan fingerprint density at radius 1 is 0.926 bits per heavy atom. The highest BCUT2D eigenvalue weighted by molar-refractivity contribution is 6.30. The van der Waals surface area contributed by atoms with E-state index < -0.39 is 0 Å². The zero-order chi connectivity index (χ0) is 18.6. The molecule has 0 amide bonds. The van der Waals surface area contributed by atoms with Crippen molar-refractivity contribution in [1.82, 2.24) is 4.98 Å². The summed E-state index contributed by atoms with van der Waals surface area (Å²) in [6.07, 6.45) is 1.76. The van der Waals surface area contributed by atoms with Crippen LogP contribution in [-0.2, 0) is 0 Å². The van der Waals surface area contributed by atoms with Gasteiger partial charge in [0.2, 0.25) is 0 Å². The van der Waals surface area contributed by atoms with E-state index in [9.17, 15) is 4.39 Å². The highest BCUT2D eigenvalue weighted by Crippen LogP contribution is 2.24. The van der Waals surface area contributed by atoms with Gasteiger partial charge in [-0.2, -0.15) is 5.10 Å². The molecule has 4 rings (SSSR count). The average Bonchev–Trinajstić information content (AvgIpc) is 2.70. The van der Waals surface area contributed by atoms with Gasteiger partial charge >= 0.3 is 0 Å². The lowest BCUT2D eigenvalue weighted by atomic mass is 10.0. The molecule has 1 heterocycles. The second kappa shape index (κ2) is 7.56. The fourth-order valence-electron chi connectivity index (χ4n) is 2.78. The van der Waals surface area contributed by atoms with Gasteiger partial charge in [0.25, 0.3) is 0 Å². The van der Waals surface area contributed by atoms with Crippen LogP contribution in [0.25, 0.3) is 22.2 Å². The number of nitrogens with zero attached hydrogens (tertiary/aromatic N) is 2. The van der Waals surface area contributed by atoms with Crippen LogP contribution in [0.2, 0.25) is 5.02 Å². The van der Waals surface area contributed by atoms with Crippen LogP contribution in [0.15, 0.2) is 84.0 Å². The van der Waals surface area contributed by atoms with E-state index in [-0.39, 0.29) is 5.82 Å². The predicted octanol–water partition coefficient (Wildman–Crippen LogP) is 6.14. The molecular formula is C22H15ClFN3. The third-order valence-corrected chi connectivity index (χ3v) is 4.38. The Balaban J connectivity index is 1.70. The van der Waals surface area contributed by atoms with Gasteiger partial charge in [-0.3, -0.25) is 5.43 Å². The summed E-state index contributed by atoms with van der Waals surface area (Å²) >= 11 is 5.90. The van der Waals surface area contributed by atoms with E-state index in [0.29, 0.717) is 5.02 Å². The maximum absolute atomic E-state index is 13.2. The van der Waals surface area contributed by atoms with Gasteiger partial charge in [-0.25, -0.2) is 9.37 Å². The molecule has 1 N–H and O–H groups in total. The Hall–Kier alpha value is -3.24. The van der Waals surface area contributed by atoms with E-state index >= 15 is 0 Å². The molecule has 1 aromatic heterocycles. The van der Waals surface area contributed by atoms with Crippen molar-refractivity contribution in [1.29, 1.82) is 0 Å². The summed E-state index contributed by atoms with van der Waals surface area (Å²) in [7, 11) is 0. The molecule has 3 aromatic carbocycles. The Morgan fingerprint density at radius 3 is 2.44 bits per heavy atom. The molecule has 3 nitrogen and oxygen atoms in total. The number of anilines is 1. The molecule has 0 saturated heterocycles. The van der Waals surface area contributed by atoms with Gasteiger partial charge in [0.05, 0.1) is 23.1 Å². The summed E-state index contributed by atoms with van der Waals surface area (Å²) < 4.78 is 13.2. The first kappa shape index (κ1) is 17.2. The molecule has 4 aromatic rings. The molecule has 132 valence electrons. The molecule has 0 aliphatic carbocycles. The second-order valence-electron chi connectivity index (χ2n) is 6.00. The molecule has 0 radical (unpaired) electrons. The number of nitrogens with one attached hydrogen (secondary N) is 1. The second-order valence-corrected chi connectivity index (χ2v) is 6.43. The van der Waals surface area contributed by atoms with Crippen LogP contribution in [0.1, 0.15) is 5.56 Å². The van der Waals surface area contributed by atoms with Crippen LogP contribution in [0.4, 0.5) is 10.1 Å². The Labute approximate surface area is 161 Å². The standard InChI is InChI=1S/C22H15ClFN3/c23-17-7-11-19(12-8-17)27-25-14-16-13-22(15-5-9-18(24)10-6-15)26-21-4-2-1-3-20(16)21/h1-14,27H/b25-14+. The van der Waals surface area contributed by atoms with E-state index in [1.807, 2.05) is 42.5 Å². The summed E-state index contributed by atoms with van der Waals surface area (Å²) in [5.74, 6) is -0.270. The third-order valence-electron chi connectivity index (χ3n) is 4.13. The summed E-state index contributed by atoms with van der Waals surface area (Å²) in [6, 6.07) is 23.4. The van der Waals surface area contributed by atoms with Crippen LogP contribution in [-0.4, -0.2) is 11.2 Å². The Bertz CT molecular complexity index is 1110. The largest absolute Gasteiger partial charge is 0.279 e. The highest BCUT2D eigenvalue weighted by Gasteiger charge is 2.06. The van der Waals surface area contributed by atoms with Crippen LogP contribution < -0.4 is 5.43 Å². The number of hydrazone groups is 1. The smallest absolute Gasteiger partial charge is 0.123 e. The lowest BCUT2D eigenvalue weighted by Crippen LogP contribution is -1.94. The Morgan fingerprint density at radius 2 is 1.67 bits per heavy atom. The van der Waals surface area contributed by atoms with Crippen molar-refractivity contribution in [3.63, 3.8) is 0 Å². The number of pyridine rings is 1. The molecule has 27 heavy (non-hydrogen) atoms. The predicted molar refractivity (Wildman–Crippen MR) is 110 cm³/mol. The van der Waals surface area contributed by atoms with Gasteiger partial charge in [-0.15, -0.1) is 0 Å². The van der Waals surface area contributed by atoms with Crippen molar-refractivity contribution in [2.24, 2.45) is 5.10 Å². The molecule has 0 aliphatic rings. The lowest BCUT2D eigenvalue weighted by molar-refractivity contribution is 0.628. The van der Waals surface area contributed by atoms with Crippen molar-refractivity contribution in [2.45, 2.75) is 0 Å². The molecule has 0 saturated carbocycles. The lowest BCUT2D eigenvalue weighted by Gasteiger charge is -2.07. The number of halogens is 2. The molecular weight excluding hydrogens is 361 g/mol. The average molecular weight is 376 g/mol. The first-order chi connectivity index (χ1) is 13.2. The van der Waals surface area contributed by atoms with Crippen molar-refractivity contribution in [2.75, 3.05) is 5.43 Å². The molecule has 0 spiro atoms. The summed E-state index contributed by atoms with van der Waals surface area (Å²) in [6.45, 7) is 0. The van der Waals surface area contributed by atoms with E-state index in [0.717, 1.165) is 33.4 Å². The maximum atomic E-state index is 13.2. The van der Waals surface area contributed by atoms with E-state index in [4.69, 9.17) is 16.6 Å². The van der Waals surface area contributed by atoms with Crippen molar-refractivity contribution < 1.29 is 4.39 Å². The van der Waals surface area contributed by atoms with Gasteiger partial charge in [0, 0.05) is 21.5 Å².